The third kappa shape index (κ3) is 4.03. The Hall–Kier alpha value is 0.650. The van der Waals surface area contributed by atoms with Gasteiger partial charge in [-0.3, -0.25) is 0 Å². The maximum absolute atomic E-state index is 6.04. The topological polar surface area (TPSA) is 18.5 Å². The van der Waals surface area contributed by atoms with Crippen molar-refractivity contribution in [2.24, 2.45) is 5.92 Å². The largest absolute Gasteiger partial charge is 0.381 e. The molecule has 1 aliphatic heterocycles. The van der Waals surface area contributed by atoms with Crippen LogP contribution in [0.2, 0.25) is 0 Å². The van der Waals surface area contributed by atoms with Crippen LogP contribution in [0.15, 0.2) is 0 Å². The standard InChI is InChI=1S/C11H21IO2/c1-10(2)3-6-14-11(9-12)4-7-13-8-5-11/h10H,3-9H2,1-2H3. The van der Waals surface area contributed by atoms with E-state index in [-0.39, 0.29) is 5.60 Å². The highest BCUT2D eigenvalue weighted by Gasteiger charge is 2.32. The van der Waals surface area contributed by atoms with Gasteiger partial charge in [-0.1, -0.05) is 36.4 Å². The Balaban J connectivity index is 2.29. The van der Waals surface area contributed by atoms with Crippen molar-refractivity contribution < 1.29 is 9.47 Å². The number of halogens is 1. The van der Waals surface area contributed by atoms with E-state index < -0.39 is 0 Å². The third-order valence-electron chi connectivity index (χ3n) is 2.75. The fourth-order valence-electron chi connectivity index (χ4n) is 1.57. The van der Waals surface area contributed by atoms with Crippen molar-refractivity contribution in [3.63, 3.8) is 0 Å². The van der Waals surface area contributed by atoms with E-state index in [2.05, 4.69) is 36.4 Å². The SMILES string of the molecule is CC(C)CCOC1(CI)CCOCC1. The van der Waals surface area contributed by atoms with Crippen LogP contribution in [0, 0.1) is 5.92 Å². The summed E-state index contributed by atoms with van der Waals surface area (Å²) >= 11 is 2.44. The zero-order valence-corrected chi connectivity index (χ0v) is 11.4. The van der Waals surface area contributed by atoms with Crippen LogP contribution in [0.3, 0.4) is 0 Å². The summed E-state index contributed by atoms with van der Waals surface area (Å²) in [5.74, 6) is 0.737. The van der Waals surface area contributed by atoms with Crippen LogP contribution in [0.4, 0.5) is 0 Å². The Morgan fingerprint density at radius 2 is 2.00 bits per heavy atom. The van der Waals surface area contributed by atoms with Gasteiger partial charge in [0.2, 0.25) is 0 Å². The zero-order valence-electron chi connectivity index (χ0n) is 9.22. The van der Waals surface area contributed by atoms with E-state index in [1.54, 1.807) is 0 Å². The van der Waals surface area contributed by atoms with Crippen LogP contribution in [-0.4, -0.2) is 29.8 Å². The van der Waals surface area contributed by atoms with Crippen molar-refractivity contribution in [3.8, 4) is 0 Å². The quantitative estimate of drug-likeness (QED) is 0.574. The fraction of sp³-hybridized carbons (Fsp3) is 1.00. The van der Waals surface area contributed by atoms with E-state index in [1.165, 1.54) is 6.42 Å². The molecule has 1 aliphatic rings. The molecular formula is C11H21IO2. The molecule has 1 fully saturated rings. The molecule has 0 radical (unpaired) electrons. The second-order valence-electron chi connectivity index (χ2n) is 4.46. The molecule has 1 heterocycles. The van der Waals surface area contributed by atoms with Gasteiger partial charge in [-0.15, -0.1) is 0 Å². The smallest absolute Gasteiger partial charge is 0.0815 e. The molecule has 3 heteroatoms. The van der Waals surface area contributed by atoms with Gasteiger partial charge in [0.05, 0.1) is 5.60 Å². The minimum Gasteiger partial charge on any atom is -0.381 e. The molecule has 0 amide bonds. The highest BCUT2D eigenvalue weighted by molar-refractivity contribution is 14.1. The van der Waals surface area contributed by atoms with E-state index in [9.17, 15) is 0 Å². The van der Waals surface area contributed by atoms with Gasteiger partial charge in [0.25, 0.3) is 0 Å². The van der Waals surface area contributed by atoms with Crippen LogP contribution in [-0.2, 0) is 9.47 Å². The van der Waals surface area contributed by atoms with Crippen LogP contribution in [0.1, 0.15) is 33.1 Å². The van der Waals surface area contributed by atoms with Crippen molar-refractivity contribution in [2.75, 3.05) is 24.2 Å². The lowest BCUT2D eigenvalue weighted by molar-refractivity contribution is -0.0962. The summed E-state index contributed by atoms with van der Waals surface area (Å²) in [4.78, 5) is 0. The van der Waals surface area contributed by atoms with E-state index in [4.69, 9.17) is 9.47 Å². The molecule has 0 spiro atoms. The maximum atomic E-state index is 6.04. The molecule has 0 atom stereocenters. The number of alkyl halides is 1. The van der Waals surface area contributed by atoms with Gasteiger partial charge in [-0.25, -0.2) is 0 Å². The molecular weight excluding hydrogens is 291 g/mol. The van der Waals surface area contributed by atoms with Crippen LogP contribution in [0.5, 0.6) is 0 Å². The number of ether oxygens (including phenoxy) is 2. The summed E-state index contributed by atoms with van der Waals surface area (Å²) in [7, 11) is 0. The monoisotopic (exact) mass is 312 g/mol. The molecule has 1 rings (SSSR count). The predicted octanol–water partition coefficient (Wildman–Crippen LogP) is 3.03. The van der Waals surface area contributed by atoms with Crippen molar-refractivity contribution in [2.45, 2.75) is 38.7 Å². The van der Waals surface area contributed by atoms with Crippen molar-refractivity contribution in [3.05, 3.63) is 0 Å². The van der Waals surface area contributed by atoms with Crippen molar-refractivity contribution in [1.29, 1.82) is 0 Å². The van der Waals surface area contributed by atoms with Crippen LogP contribution >= 0.6 is 22.6 Å². The lowest BCUT2D eigenvalue weighted by Crippen LogP contribution is -2.41. The van der Waals surface area contributed by atoms with E-state index in [1.807, 2.05) is 0 Å². The number of rotatable bonds is 5. The summed E-state index contributed by atoms with van der Waals surface area (Å²) in [5, 5.41) is 0. The lowest BCUT2D eigenvalue weighted by Gasteiger charge is -2.35. The molecule has 0 aromatic carbocycles. The normalized spacial score (nSPS) is 21.4. The number of hydrogen-bond acceptors (Lipinski definition) is 2. The molecule has 0 bridgehead atoms. The van der Waals surface area contributed by atoms with E-state index in [0.717, 1.165) is 43.0 Å². The lowest BCUT2D eigenvalue weighted by atomic mass is 9.96. The Morgan fingerprint density at radius 3 is 2.50 bits per heavy atom. The molecule has 2 nitrogen and oxygen atoms in total. The summed E-state index contributed by atoms with van der Waals surface area (Å²) < 4.78 is 12.5. The summed E-state index contributed by atoms with van der Waals surface area (Å²) in [6.07, 6.45) is 3.29. The minimum absolute atomic E-state index is 0.119. The molecule has 84 valence electrons. The molecule has 0 aliphatic carbocycles. The second-order valence-corrected chi connectivity index (χ2v) is 5.22. The van der Waals surface area contributed by atoms with Crippen molar-refractivity contribution >= 4 is 22.6 Å². The first kappa shape index (κ1) is 12.7. The van der Waals surface area contributed by atoms with Gasteiger partial charge in [0, 0.05) is 37.1 Å². The Morgan fingerprint density at radius 1 is 1.36 bits per heavy atom. The van der Waals surface area contributed by atoms with E-state index in [0.29, 0.717) is 0 Å². The van der Waals surface area contributed by atoms with Gasteiger partial charge < -0.3 is 9.47 Å². The van der Waals surface area contributed by atoms with Gasteiger partial charge in [-0.05, 0) is 12.3 Å². The molecule has 0 aromatic heterocycles. The first-order valence-corrected chi connectivity index (χ1v) is 6.99. The summed E-state index contributed by atoms with van der Waals surface area (Å²) in [5.41, 5.74) is 0.119. The highest BCUT2D eigenvalue weighted by Crippen LogP contribution is 2.27. The van der Waals surface area contributed by atoms with Gasteiger partial charge >= 0.3 is 0 Å². The van der Waals surface area contributed by atoms with Crippen LogP contribution < -0.4 is 0 Å². The summed E-state index contributed by atoms with van der Waals surface area (Å²) in [6, 6.07) is 0. The second kappa shape index (κ2) is 6.28. The van der Waals surface area contributed by atoms with Crippen LogP contribution in [0.25, 0.3) is 0 Å². The molecule has 0 saturated carbocycles. The van der Waals surface area contributed by atoms with E-state index >= 15 is 0 Å². The van der Waals surface area contributed by atoms with Gasteiger partial charge in [0.1, 0.15) is 0 Å². The van der Waals surface area contributed by atoms with Gasteiger partial charge in [0.15, 0.2) is 0 Å². The minimum atomic E-state index is 0.119. The molecule has 0 N–H and O–H groups in total. The zero-order chi connectivity index (χ0) is 10.4. The number of hydrogen-bond donors (Lipinski definition) is 0. The molecule has 14 heavy (non-hydrogen) atoms. The Labute approximate surface area is 101 Å². The first-order valence-electron chi connectivity index (χ1n) is 5.46. The highest BCUT2D eigenvalue weighted by atomic mass is 127. The molecule has 0 unspecified atom stereocenters. The molecule has 0 aromatic rings. The average molecular weight is 312 g/mol. The fourth-order valence-corrected chi connectivity index (χ4v) is 2.55. The Bertz CT molecular complexity index is 153. The average Bonchev–Trinajstić information content (AvgIpc) is 2.19. The van der Waals surface area contributed by atoms with Gasteiger partial charge in [-0.2, -0.15) is 0 Å². The van der Waals surface area contributed by atoms with Crippen molar-refractivity contribution in [1.82, 2.24) is 0 Å². The molecule has 1 saturated heterocycles. The Kier molecular flexibility index (Phi) is 5.71. The third-order valence-corrected chi connectivity index (χ3v) is 4.14. The summed E-state index contributed by atoms with van der Waals surface area (Å²) in [6.45, 7) is 7.12. The predicted molar refractivity (Wildman–Crippen MR) is 67.1 cm³/mol. The first-order chi connectivity index (χ1) is 6.68. The maximum Gasteiger partial charge on any atom is 0.0815 e.